The molecule has 2 bridgehead atoms. The predicted molar refractivity (Wildman–Crippen MR) is 107 cm³/mol. The van der Waals surface area contributed by atoms with E-state index in [1.54, 1.807) is 14.2 Å². The standard InChI is InChI=1S/C23H32O4/c1-6-7-8-9-15-12-18(26-4)20(19(13-15)27-5)16-14-23(21(24)25)11-10-17(16)22(23,2)3/h12-14,17H,6-11H2,1-5H3,(H,24,25). The molecule has 2 atom stereocenters. The summed E-state index contributed by atoms with van der Waals surface area (Å²) in [4.78, 5) is 12.2. The molecular weight excluding hydrogens is 340 g/mol. The monoisotopic (exact) mass is 372 g/mol. The van der Waals surface area contributed by atoms with Crippen molar-refractivity contribution >= 4 is 11.5 Å². The summed E-state index contributed by atoms with van der Waals surface area (Å²) in [5.41, 5.74) is 2.09. The molecule has 1 aromatic carbocycles. The number of ether oxygens (including phenoxy) is 2. The van der Waals surface area contributed by atoms with Gasteiger partial charge in [0, 0.05) is 0 Å². The van der Waals surface area contributed by atoms with Crippen LogP contribution in [0.2, 0.25) is 0 Å². The van der Waals surface area contributed by atoms with Gasteiger partial charge in [0.25, 0.3) is 0 Å². The van der Waals surface area contributed by atoms with Gasteiger partial charge in [-0.3, -0.25) is 4.79 Å². The molecule has 4 heteroatoms. The fourth-order valence-corrected chi connectivity index (χ4v) is 5.20. The topological polar surface area (TPSA) is 55.8 Å². The van der Waals surface area contributed by atoms with Crippen LogP contribution in [0.4, 0.5) is 0 Å². The fourth-order valence-electron chi connectivity index (χ4n) is 5.20. The van der Waals surface area contributed by atoms with Gasteiger partial charge in [0.1, 0.15) is 11.5 Å². The lowest BCUT2D eigenvalue weighted by molar-refractivity contribution is -0.150. The number of benzene rings is 1. The van der Waals surface area contributed by atoms with E-state index in [2.05, 4.69) is 32.9 Å². The molecule has 0 spiro atoms. The molecular formula is C23H32O4. The minimum atomic E-state index is -0.803. The van der Waals surface area contributed by atoms with Crippen molar-refractivity contribution in [2.75, 3.05) is 14.2 Å². The maximum atomic E-state index is 12.2. The smallest absolute Gasteiger partial charge is 0.314 e. The van der Waals surface area contributed by atoms with Crippen molar-refractivity contribution in [3.63, 3.8) is 0 Å². The molecule has 1 fully saturated rings. The van der Waals surface area contributed by atoms with Gasteiger partial charge < -0.3 is 14.6 Å². The molecule has 0 aliphatic heterocycles. The molecule has 0 aromatic heterocycles. The van der Waals surface area contributed by atoms with E-state index < -0.39 is 11.4 Å². The second-order valence-corrected chi connectivity index (χ2v) is 8.52. The first-order valence-corrected chi connectivity index (χ1v) is 10.0. The number of methoxy groups -OCH3 is 2. The molecule has 4 nitrogen and oxygen atoms in total. The van der Waals surface area contributed by atoms with Crippen LogP contribution in [0.5, 0.6) is 11.5 Å². The van der Waals surface area contributed by atoms with E-state index >= 15 is 0 Å². The summed E-state index contributed by atoms with van der Waals surface area (Å²) in [5.74, 6) is 1.05. The fraction of sp³-hybridized carbons (Fsp3) is 0.609. The molecule has 2 aliphatic carbocycles. The van der Waals surface area contributed by atoms with E-state index in [1.165, 1.54) is 18.4 Å². The van der Waals surface area contributed by atoms with Gasteiger partial charge in [-0.2, -0.15) is 0 Å². The molecule has 0 heterocycles. The zero-order valence-electron chi connectivity index (χ0n) is 17.2. The van der Waals surface area contributed by atoms with Crippen LogP contribution < -0.4 is 9.47 Å². The SMILES string of the molecule is CCCCCc1cc(OC)c(C2=CC3(C(=O)O)CCC2C3(C)C)c(OC)c1. The van der Waals surface area contributed by atoms with Crippen LogP contribution in [0, 0.1) is 16.7 Å². The quantitative estimate of drug-likeness (QED) is 0.626. The average molecular weight is 373 g/mol. The summed E-state index contributed by atoms with van der Waals surface area (Å²) in [6, 6.07) is 4.20. The van der Waals surface area contributed by atoms with Crippen LogP contribution >= 0.6 is 0 Å². The number of rotatable bonds is 8. The lowest BCUT2D eigenvalue weighted by Crippen LogP contribution is -2.37. The Hall–Kier alpha value is -1.97. The van der Waals surface area contributed by atoms with Crippen LogP contribution in [0.15, 0.2) is 18.2 Å². The maximum Gasteiger partial charge on any atom is 0.314 e. The Kier molecular flexibility index (Phi) is 5.29. The summed E-state index contributed by atoms with van der Waals surface area (Å²) in [6.45, 7) is 6.37. The number of carboxylic acids is 1. The zero-order chi connectivity index (χ0) is 19.8. The van der Waals surface area contributed by atoms with E-state index in [4.69, 9.17) is 9.47 Å². The van der Waals surface area contributed by atoms with Crippen molar-refractivity contribution in [3.05, 3.63) is 29.3 Å². The molecule has 2 unspecified atom stereocenters. The Morgan fingerprint density at radius 1 is 1.19 bits per heavy atom. The molecule has 0 radical (unpaired) electrons. The Morgan fingerprint density at radius 3 is 2.30 bits per heavy atom. The van der Waals surface area contributed by atoms with Gasteiger partial charge in [-0.1, -0.05) is 39.7 Å². The Balaban J connectivity index is 2.08. The summed E-state index contributed by atoms with van der Waals surface area (Å²) in [7, 11) is 3.36. The molecule has 2 aliphatic rings. The van der Waals surface area contributed by atoms with Gasteiger partial charge in [-0.25, -0.2) is 0 Å². The number of unbranched alkanes of at least 4 members (excludes halogenated alkanes) is 2. The summed E-state index contributed by atoms with van der Waals surface area (Å²) < 4.78 is 11.5. The largest absolute Gasteiger partial charge is 0.496 e. The lowest BCUT2D eigenvalue weighted by atomic mass is 9.69. The molecule has 1 saturated carbocycles. The van der Waals surface area contributed by atoms with E-state index in [9.17, 15) is 9.90 Å². The van der Waals surface area contributed by atoms with Crippen molar-refractivity contribution < 1.29 is 19.4 Å². The average Bonchev–Trinajstić information content (AvgIpc) is 3.04. The van der Waals surface area contributed by atoms with Crippen LogP contribution in [0.1, 0.15) is 64.0 Å². The highest BCUT2D eigenvalue weighted by Gasteiger charge is 2.63. The van der Waals surface area contributed by atoms with E-state index in [0.29, 0.717) is 6.42 Å². The first-order valence-electron chi connectivity index (χ1n) is 10.0. The van der Waals surface area contributed by atoms with Gasteiger partial charge >= 0.3 is 5.97 Å². The third-order valence-corrected chi connectivity index (χ3v) is 6.93. The molecule has 1 aromatic rings. The number of fused-ring (bicyclic) bond motifs is 2. The molecule has 1 N–H and O–H groups in total. The third kappa shape index (κ3) is 2.94. The first-order chi connectivity index (χ1) is 12.8. The minimum Gasteiger partial charge on any atom is -0.496 e. The Morgan fingerprint density at radius 2 is 1.81 bits per heavy atom. The molecule has 0 saturated heterocycles. The van der Waals surface area contributed by atoms with E-state index in [1.807, 2.05) is 6.08 Å². The number of aryl methyl sites for hydroxylation is 1. The van der Waals surface area contributed by atoms with Crippen molar-refractivity contribution in [1.29, 1.82) is 0 Å². The second kappa shape index (κ2) is 7.21. The summed E-state index contributed by atoms with van der Waals surface area (Å²) in [6.07, 6.45) is 8.10. The highest BCUT2D eigenvalue weighted by atomic mass is 16.5. The Bertz CT molecular complexity index is 737. The lowest BCUT2D eigenvalue weighted by Gasteiger charge is -2.33. The number of allylic oxidation sites excluding steroid dienone is 1. The first kappa shape index (κ1) is 19.8. The molecule has 0 amide bonds. The van der Waals surface area contributed by atoms with Gasteiger partial charge in [-0.05, 0) is 60.3 Å². The number of carbonyl (C=O) groups is 1. The van der Waals surface area contributed by atoms with Crippen molar-refractivity contribution in [2.45, 2.75) is 59.3 Å². The number of carboxylic acid groups (broad SMARTS) is 1. The Labute approximate surface area is 162 Å². The van der Waals surface area contributed by atoms with Gasteiger partial charge in [0.05, 0.1) is 25.2 Å². The van der Waals surface area contributed by atoms with Gasteiger partial charge in [0.2, 0.25) is 0 Å². The van der Waals surface area contributed by atoms with Gasteiger partial charge in [-0.15, -0.1) is 0 Å². The van der Waals surface area contributed by atoms with Crippen molar-refractivity contribution in [1.82, 2.24) is 0 Å². The van der Waals surface area contributed by atoms with Crippen LogP contribution in [-0.2, 0) is 11.2 Å². The molecule has 27 heavy (non-hydrogen) atoms. The van der Waals surface area contributed by atoms with Crippen molar-refractivity contribution in [2.24, 2.45) is 16.7 Å². The molecule has 148 valence electrons. The number of aliphatic carboxylic acids is 1. The normalized spacial score (nSPS) is 25.4. The zero-order valence-corrected chi connectivity index (χ0v) is 17.2. The third-order valence-electron chi connectivity index (χ3n) is 6.93. The predicted octanol–water partition coefficient (Wildman–Crippen LogP) is 5.34. The summed E-state index contributed by atoms with van der Waals surface area (Å²) in [5, 5.41) is 10.0. The van der Waals surface area contributed by atoms with E-state index in [0.717, 1.165) is 41.9 Å². The van der Waals surface area contributed by atoms with E-state index in [-0.39, 0.29) is 11.3 Å². The summed E-state index contributed by atoms with van der Waals surface area (Å²) >= 11 is 0. The van der Waals surface area contributed by atoms with Crippen LogP contribution in [0.3, 0.4) is 0 Å². The van der Waals surface area contributed by atoms with Crippen LogP contribution in [0.25, 0.3) is 5.57 Å². The second-order valence-electron chi connectivity index (χ2n) is 8.52. The highest BCUT2D eigenvalue weighted by Crippen LogP contribution is 2.67. The highest BCUT2D eigenvalue weighted by molar-refractivity contribution is 5.90. The van der Waals surface area contributed by atoms with Crippen molar-refractivity contribution in [3.8, 4) is 11.5 Å². The number of hydrogen-bond donors (Lipinski definition) is 1. The van der Waals surface area contributed by atoms with Crippen LogP contribution in [-0.4, -0.2) is 25.3 Å². The molecule has 3 rings (SSSR count). The van der Waals surface area contributed by atoms with Gasteiger partial charge in [0.15, 0.2) is 0 Å². The minimum absolute atomic E-state index is 0.197. The maximum absolute atomic E-state index is 12.2. The number of hydrogen-bond acceptors (Lipinski definition) is 3.